The van der Waals surface area contributed by atoms with Crippen LogP contribution in [0, 0.1) is 5.41 Å². The van der Waals surface area contributed by atoms with Crippen LogP contribution in [-0.2, 0) is 4.74 Å². The lowest BCUT2D eigenvalue weighted by atomic mass is 9.62. The van der Waals surface area contributed by atoms with E-state index in [4.69, 9.17) is 4.74 Å². The number of rotatable bonds is 2. The van der Waals surface area contributed by atoms with E-state index in [0.29, 0.717) is 13.0 Å². The molecule has 0 spiro atoms. The molecule has 1 heterocycles. The van der Waals surface area contributed by atoms with E-state index in [1.165, 1.54) is 6.42 Å². The maximum absolute atomic E-state index is 10.8. The molecule has 0 bridgehead atoms. The third kappa shape index (κ3) is 1.89. The van der Waals surface area contributed by atoms with Gasteiger partial charge in [0.15, 0.2) is 0 Å². The molecule has 1 unspecified atom stereocenters. The highest BCUT2D eigenvalue weighted by molar-refractivity contribution is 5.06. The molecule has 2 N–H and O–H groups in total. The number of aliphatic hydroxyl groups is 2. The van der Waals surface area contributed by atoms with Gasteiger partial charge in [0.05, 0.1) is 24.4 Å². The Bertz CT molecular complexity index is 256. The standard InChI is InChI=1S/C13H24O3/c1-11(2)8-13(15,10-16-11)12(9-14)6-4-3-5-7-12/h14-15H,3-10H2,1-2H3. The molecule has 1 saturated carbocycles. The summed E-state index contributed by atoms with van der Waals surface area (Å²) in [7, 11) is 0. The number of ether oxygens (including phenoxy) is 1. The van der Waals surface area contributed by atoms with Crippen LogP contribution in [0.25, 0.3) is 0 Å². The van der Waals surface area contributed by atoms with Crippen molar-refractivity contribution in [2.45, 2.75) is 63.6 Å². The summed E-state index contributed by atoms with van der Waals surface area (Å²) in [4.78, 5) is 0. The minimum absolute atomic E-state index is 0.0862. The average molecular weight is 228 g/mol. The summed E-state index contributed by atoms with van der Waals surface area (Å²) in [6.45, 7) is 4.49. The molecule has 2 fully saturated rings. The lowest BCUT2D eigenvalue weighted by Crippen LogP contribution is -2.52. The van der Waals surface area contributed by atoms with E-state index in [9.17, 15) is 10.2 Å². The van der Waals surface area contributed by atoms with E-state index in [0.717, 1.165) is 25.7 Å². The Morgan fingerprint density at radius 3 is 2.19 bits per heavy atom. The van der Waals surface area contributed by atoms with Gasteiger partial charge >= 0.3 is 0 Å². The van der Waals surface area contributed by atoms with Crippen molar-refractivity contribution in [3.63, 3.8) is 0 Å². The molecule has 2 aliphatic rings. The first kappa shape index (κ1) is 12.3. The minimum Gasteiger partial charge on any atom is -0.396 e. The molecule has 2 rings (SSSR count). The van der Waals surface area contributed by atoms with Gasteiger partial charge in [0.25, 0.3) is 0 Å². The SMILES string of the molecule is CC1(C)CC(O)(C2(CO)CCCCC2)CO1. The van der Waals surface area contributed by atoms with Gasteiger partial charge < -0.3 is 14.9 Å². The molecular formula is C13H24O3. The Morgan fingerprint density at radius 1 is 1.12 bits per heavy atom. The summed E-state index contributed by atoms with van der Waals surface area (Å²) in [5, 5.41) is 20.5. The van der Waals surface area contributed by atoms with Crippen molar-refractivity contribution in [3.8, 4) is 0 Å². The van der Waals surface area contributed by atoms with Crippen LogP contribution < -0.4 is 0 Å². The van der Waals surface area contributed by atoms with Gasteiger partial charge in [-0.1, -0.05) is 19.3 Å². The van der Waals surface area contributed by atoms with E-state index in [1.54, 1.807) is 0 Å². The molecule has 0 radical (unpaired) electrons. The van der Waals surface area contributed by atoms with Gasteiger partial charge in [-0.25, -0.2) is 0 Å². The van der Waals surface area contributed by atoms with E-state index < -0.39 is 5.60 Å². The summed E-state index contributed by atoms with van der Waals surface area (Å²) >= 11 is 0. The van der Waals surface area contributed by atoms with E-state index >= 15 is 0 Å². The second-order valence-electron chi connectivity index (χ2n) is 6.26. The Hall–Kier alpha value is -0.120. The smallest absolute Gasteiger partial charge is 0.0985 e. The normalized spacial score (nSPS) is 37.5. The fourth-order valence-electron chi connectivity index (χ4n) is 3.46. The van der Waals surface area contributed by atoms with Crippen molar-refractivity contribution in [1.82, 2.24) is 0 Å². The minimum atomic E-state index is -0.828. The molecule has 0 aromatic carbocycles. The van der Waals surface area contributed by atoms with Crippen molar-refractivity contribution in [2.24, 2.45) is 5.41 Å². The molecule has 16 heavy (non-hydrogen) atoms. The molecule has 3 nitrogen and oxygen atoms in total. The predicted molar refractivity (Wildman–Crippen MR) is 62.2 cm³/mol. The van der Waals surface area contributed by atoms with E-state index in [-0.39, 0.29) is 17.6 Å². The van der Waals surface area contributed by atoms with Crippen LogP contribution in [0.4, 0.5) is 0 Å². The molecule has 1 atom stereocenters. The second kappa shape index (κ2) is 3.97. The monoisotopic (exact) mass is 228 g/mol. The van der Waals surface area contributed by atoms with Gasteiger partial charge in [0.2, 0.25) is 0 Å². The lowest BCUT2D eigenvalue weighted by molar-refractivity contribution is -0.127. The highest BCUT2D eigenvalue weighted by Crippen LogP contribution is 2.51. The predicted octanol–water partition coefficient (Wildman–Crippen LogP) is 1.86. The maximum atomic E-state index is 10.8. The summed E-state index contributed by atoms with van der Waals surface area (Å²) in [6, 6.07) is 0. The second-order valence-corrected chi connectivity index (χ2v) is 6.26. The van der Waals surface area contributed by atoms with Crippen molar-refractivity contribution in [1.29, 1.82) is 0 Å². The van der Waals surface area contributed by atoms with Crippen LogP contribution in [0.3, 0.4) is 0 Å². The molecule has 0 amide bonds. The fraction of sp³-hybridized carbons (Fsp3) is 1.00. The van der Waals surface area contributed by atoms with Gasteiger partial charge in [-0.2, -0.15) is 0 Å². The Morgan fingerprint density at radius 2 is 1.75 bits per heavy atom. The molecule has 94 valence electrons. The number of hydrogen-bond donors (Lipinski definition) is 2. The van der Waals surface area contributed by atoms with Gasteiger partial charge in [-0.3, -0.25) is 0 Å². The van der Waals surface area contributed by atoms with Crippen LogP contribution in [0.15, 0.2) is 0 Å². The van der Waals surface area contributed by atoms with Crippen molar-refractivity contribution < 1.29 is 14.9 Å². The molecule has 1 aliphatic heterocycles. The van der Waals surface area contributed by atoms with Crippen molar-refractivity contribution in [2.75, 3.05) is 13.2 Å². The molecule has 1 saturated heterocycles. The molecule has 0 aromatic heterocycles. The Labute approximate surface area is 97.8 Å². The van der Waals surface area contributed by atoms with Gasteiger partial charge in [-0.15, -0.1) is 0 Å². The van der Waals surface area contributed by atoms with Gasteiger partial charge in [-0.05, 0) is 26.7 Å². The Balaban J connectivity index is 2.20. The molecule has 1 aliphatic carbocycles. The zero-order chi connectivity index (χ0) is 11.9. The first-order valence-corrected chi connectivity index (χ1v) is 6.40. The lowest BCUT2D eigenvalue weighted by Gasteiger charge is -2.46. The van der Waals surface area contributed by atoms with Crippen LogP contribution in [0.1, 0.15) is 52.4 Å². The first-order valence-electron chi connectivity index (χ1n) is 6.40. The number of hydrogen-bond acceptors (Lipinski definition) is 3. The van der Waals surface area contributed by atoms with Crippen LogP contribution in [-0.4, -0.2) is 34.6 Å². The van der Waals surface area contributed by atoms with Gasteiger partial charge in [0.1, 0.15) is 0 Å². The molecule has 0 aromatic rings. The van der Waals surface area contributed by atoms with Crippen LogP contribution in [0.2, 0.25) is 0 Å². The average Bonchev–Trinajstić information content (AvgIpc) is 2.55. The van der Waals surface area contributed by atoms with Gasteiger partial charge in [0, 0.05) is 11.8 Å². The zero-order valence-corrected chi connectivity index (χ0v) is 10.5. The molecule has 3 heteroatoms. The maximum Gasteiger partial charge on any atom is 0.0985 e. The van der Waals surface area contributed by atoms with Crippen LogP contribution in [0.5, 0.6) is 0 Å². The quantitative estimate of drug-likeness (QED) is 0.758. The highest BCUT2D eigenvalue weighted by Gasteiger charge is 2.56. The third-order valence-electron chi connectivity index (χ3n) is 4.52. The fourth-order valence-corrected chi connectivity index (χ4v) is 3.46. The molecular weight excluding hydrogens is 204 g/mol. The van der Waals surface area contributed by atoms with Crippen molar-refractivity contribution in [3.05, 3.63) is 0 Å². The summed E-state index contributed by atoms with van der Waals surface area (Å²) in [5.74, 6) is 0. The topological polar surface area (TPSA) is 49.7 Å². The summed E-state index contributed by atoms with van der Waals surface area (Å²) in [6.07, 6.45) is 5.95. The summed E-state index contributed by atoms with van der Waals surface area (Å²) in [5.41, 5.74) is -1.40. The first-order chi connectivity index (χ1) is 7.43. The highest BCUT2D eigenvalue weighted by atomic mass is 16.5. The third-order valence-corrected chi connectivity index (χ3v) is 4.52. The Kier molecular flexibility index (Phi) is 3.06. The van der Waals surface area contributed by atoms with E-state index in [2.05, 4.69) is 0 Å². The van der Waals surface area contributed by atoms with Crippen molar-refractivity contribution >= 4 is 0 Å². The summed E-state index contributed by atoms with van der Waals surface area (Å²) < 4.78 is 5.67. The van der Waals surface area contributed by atoms with Crippen LogP contribution >= 0.6 is 0 Å². The number of aliphatic hydroxyl groups excluding tert-OH is 1. The largest absolute Gasteiger partial charge is 0.396 e. The van der Waals surface area contributed by atoms with E-state index in [1.807, 2.05) is 13.8 Å². The zero-order valence-electron chi connectivity index (χ0n) is 10.5.